The van der Waals surface area contributed by atoms with E-state index in [-0.39, 0.29) is 10.8 Å². The lowest BCUT2D eigenvalue weighted by Crippen LogP contribution is -2.27. The number of hydrogen-bond acceptors (Lipinski definition) is 4. The molecule has 0 radical (unpaired) electrons. The van der Waals surface area contributed by atoms with Crippen LogP contribution in [0.5, 0.6) is 0 Å². The molecule has 0 aliphatic carbocycles. The van der Waals surface area contributed by atoms with Gasteiger partial charge in [-0.1, -0.05) is 13.0 Å². The molecule has 118 valence electrons. The zero-order valence-corrected chi connectivity index (χ0v) is 13.4. The number of hydrogen-bond donors (Lipinski definition) is 2. The van der Waals surface area contributed by atoms with Gasteiger partial charge in [-0.25, -0.2) is 13.1 Å². The molecule has 1 aromatic carbocycles. The summed E-state index contributed by atoms with van der Waals surface area (Å²) in [6.45, 7) is 4.82. The average molecular weight is 314 g/mol. The molecule has 0 spiro atoms. The molecule has 0 bridgehead atoms. The van der Waals surface area contributed by atoms with Crippen LogP contribution in [0.25, 0.3) is 0 Å². The molecule has 0 aliphatic heterocycles. The van der Waals surface area contributed by atoms with Crippen molar-refractivity contribution in [1.29, 1.82) is 0 Å². The first kappa shape index (κ1) is 17.6. The Kier molecular flexibility index (Phi) is 6.80. The molecule has 1 amide bonds. The Morgan fingerprint density at radius 2 is 2.05 bits per heavy atom. The number of carbonyl (C=O) groups excluding carboxylic acids is 1. The van der Waals surface area contributed by atoms with Crippen molar-refractivity contribution >= 4 is 15.9 Å². The van der Waals surface area contributed by atoms with Crippen LogP contribution in [0.1, 0.15) is 29.3 Å². The van der Waals surface area contributed by atoms with Crippen molar-refractivity contribution in [1.82, 2.24) is 10.0 Å². The van der Waals surface area contributed by atoms with Crippen molar-refractivity contribution in [2.45, 2.75) is 25.2 Å². The van der Waals surface area contributed by atoms with Crippen LogP contribution in [0.2, 0.25) is 0 Å². The van der Waals surface area contributed by atoms with Gasteiger partial charge in [0.2, 0.25) is 10.0 Å². The third-order valence-electron chi connectivity index (χ3n) is 2.91. The van der Waals surface area contributed by atoms with Crippen molar-refractivity contribution in [3.05, 3.63) is 29.3 Å². The van der Waals surface area contributed by atoms with Crippen LogP contribution in [-0.4, -0.2) is 41.1 Å². The number of methoxy groups -OCH3 is 1. The molecule has 0 heterocycles. The van der Waals surface area contributed by atoms with Gasteiger partial charge in [0.25, 0.3) is 5.91 Å². The SMILES string of the molecule is CCNS(=O)(=O)c1ccc(C)c(C(=O)NCCCOC)c1. The predicted molar refractivity (Wildman–Crippen MR) is 80.9 cm³/mol. The van der Waals surface area contributed by atoms with E-state index in [1.165, 1.54) is 12.1 Å². The summed E-state index contributed by atoms with van der Waals surface area (Å²) in [5.41, 5.74) is 1.10. The number of carbonyl (C=O) groups is 1. The van der Waals surface area contributed by atoms with E-state index in [2.05, 4.69) is 10.0 Å². The van der Waals surface area contributed by atoms with Crippen LogP contribution in [0.3, 0.4) is 0 Å². The summed E-state index contributed by atoms with van der Waals surface area (Å²) in [5.74, 6) is -0.280. The number of amides is 1. The number of nitrogens with one attached hydrogen (secondary N) is 2. The summed E-state index contributed by atoms with van der Waals surface area (Å²) in [5, 5.41) is 2.75. The summed E-state index contributed by atoms with van der Waals surface area (Å²) in [4.78, 5) is 12.2. The molecule has 0 aliphatic rings. The van der Waals surface area contributed by atoms with Gasteiger partial charge in [0, 0.05) is 32.4 Å². The fourth-order valence-corrected chi connectivity index (χ4v) is 2.87. The van der Waals surface area contributed by atoms with Crippen molar-refractivity contribution < 1.29 is 17.9 Å². The normalized spacial score (nSPS) is 11.4. The fourth-order valence-electron chi connectivity index (χ4n) is 1.80. The van der Waals surface area contributed by atoms with Crippen molar-refractivity contribution in [3.8, 4) is 0 Å². The minimum absolute atomic E-state index is 0.0944. The van der Waals surface area contributed by atoms with Crippen LogP contribution >= 0.6 is 0 Å². The lowest BCUT2D eigenvalue weighted by Gasteiger charge is -2.10. The van der Waals surface area contributed by atoms with E-state index in [4.69, 9.17) is 4.74 Å². The molecule has 0 saturated heterocycles. The van der Waals surface area contributed by atoms with E-state index in [0.717, 1.165) is 5.56 Å². The Labute approximate surface area is 125 Å². The summed E-state index contributed by atoms with van der Waals surface area (Å²) in [6.07, 6.45) is 0.705. The quantitative estimate of drug-likeness (QED) is 0.703. The second-order valence-electron chi connectivity index (χ2n) is 4.58. The van der Waals surface area contributed by atoms with Gasteiger partial charge in [0.05, 0.1) is 4.90 Å². The summed E-state index contributed by atoms with van der Waals surface area (Å²) < 4.78 is 31.2. The smallest absolute Gasteiger partial charge is 0.251 e. The highest BCUT2D eigenvalue weighted by Crippen LogP contribution is 2.15. The van der Waals surface area contributed by atoms with Gasteiger partial charge in [-0.15, -0.1) is 0 Å². The molecular formula is C14H22N2O4S. The molecule has 6 nitrogen and oxygen atoms in total. The Hall–Kier alpha value is -1.44. The number of aryl methyl sites for hydroxylation is 1. The molecule has 1 aromatic rings. The fraction of sp³-hybridized carbons (Fsp3) is 0.500. The lowest BCUT2D eigenvalue weighted by atomic mass is 10.1. The van der Waals surface area contributed by atoms with Gasteiger partial charge in [0.15, 0.2) is 0 Å². The maximum atomic E-state index is 12.1. The van der Waals surface area contributed by atoms with E-state index < -0.39 is 10.0 Å². The van der Waals surface area contributed by atoms with E-state index in [9.17, 15) is 13.2 Å². The number of sulfonamides is 1. The molecule has 0 unspecified atom stereocenters. The summed E-state index contributed by atoms with van der Waals surface area (Å²) in [6, 6.07) is 4.53. The third kappa shape index (κ3) is 5.11. The van der Waals surface area contributed by atoms with E-state index in [1.807, 2.05) is 0 Å². The Bertz CT molecular complexity index is 585. The molecular weight excluding hydrogens is 292 g/mol. The zero-order valence-electron chi connectivity index (χ0n) is 12.6. The van der Waals surface area contributed by atoms with Gasteiger partial charge >= 0.3 is 0 Å². The zero-order chi connectivity index (χ0) is 15.9. The standard InChI is InChI=1S/C14H22N2O4S/c1-4-16-21(18,19)12-7-6-11(2)13(10-12)14(17)15-8-5-9-20-3/h6-7,10,16H,4-5,8-9H2,1-3H3,(H,15,17). The highest BCUT2D eigenvalue weighted by atomic mass is 32.2. The lowest BCUT2D eigenvalue weighted by molar-refractivity contribution is 0.0948. The molecule has 0 aromatic heterocycles. The first-order valence-electron chi connectivity index (χ1n) is 6.79. The van der Waals surface area contributed by atoms with Gasteiger partial charge < -0.3 is 10.1 Å². The molecule has 0 fully saturated rings. The first-order valence-corrected chi connectivity index (χ1v) is 8.28. The first-order chi connectivity index (χ1) is 9.92. The van der Waals surface area contributed by atoms with E-state index >= 15 is 0 Å². The summed E-state index contributed by atoms with van der Waals surface area (Å²) >= 11 is 0. The van der Waals surface area contributed by atoms with Crippen LogP contribution in [0.4, 0.5) is 0 Å². The molecule has 0 saturated carbocycles. The van der Waals surface area contributed by atoms with Crippen molar-refractivity contribution in [2.24, 2.45) is 0 Å². The predicted octanol–water partition coefficient (Wildman–Crippen LogP) is 1.06. The number of rotatable bonds is 8. The second kappa shape index (κ2) is 8.11. The maximum absolute atomic E-state index is 12.1. The average Bonchev–Trinajstić information content (AvgIpc) is 2.43. The van der Waals surface area contributed by atoms with Crippen LogP contribution < -0.4 is 10.0 Å². The van der Waals surface area contributed by atoms with Gasteiger partial charge in [0.1, 0.15) is 0 Å². The minimum Gasteiger partial charge on any atom is -0.385 e. The second-order valence-corrected chi connectivity index (χ2v) is 6.35. The summed E-state index contributed by atoms with van der Waals surface area (Å²) in [7, 11) is -1.96. The topological polar surface area (TPSA) is 84.5 Å². The number of benzene rings is 1. The molecule has 21 heavy (non-hydrogen) atoms. The van der Waals surface area contributed by atoms with E-state index in [1.54, 1.807) is 27.0 Å². The highest BCUT2D eigenvalue weighted by Gasteiger charge is 2.16. The molecule has 0 atom stereocenters. The monoisotopic (exact) mass is 314 g/mol. The third-order valence-corrected chi connectivity index (χ3v) is 4.45. The molecule has 7 heteroatoms. The van der Waals surface area contributed by atoms with Crippen molar-refractivity contribution in [3.63, 3.8) is 0 Å². The Morgan fingerprint density at radius 3 is 2.67 bits per heavy atom. The van der Waals surface area contributed by atoms with Crippen LogP contribution in [0, 0.1) is 6.92 Å². The van der Waals surface area contributed by atoms with Gasteiger partial charge in [-0.2, -0.15) is 0 Å². The Balaban J connectivity index is 2.90. The maximum Gasteiger partial charge on any atom is 0.251 e. The van der Waals surface area contributed by atoms with Crippen LogP contribution in [-0.2, 0) is 14.8 Å². The largest absolute Gasteiger partial charge is 0.385 e. The van der Waals surface area contributed by atoms with Gasteiger partial charge in [-0.05, 0) is 31.0 Å². The van der Waals surface area contributed by atoms with Gasteiger partial charge in [-0.3, -0.25) is 4.79 Å². The Morgan fingerprint density at radius 1 is 1.33 bits per heavy atom. The highest BCUT2D eigenvalue weighted by molar-refractivity contribution is 7.89. The van der Waals surface area contributed by atoms with Crippen molar-refractivity contribution in [2.75, 3.05) is 26.8 Å². The number of ether oxygens (including phenoxy) is 1. The molecule has 1 rings (SSSR count). The van der Waals surface area contributed by atoms with Crippen LogP contribution in [0.15, 0.2) is 23.1 Å². The molecule has 2 N–H and O–H groups in total. The minimum atomic E-state index is -3.56. The van der Waals surface area contributed by atoms with E-state index in [0.29, 0.717) is 31.7 Å².